The van der Waals surface area contributed by atoms with Crippen molar-refractivity contribution in [3.8, 4) is 0 Å². The number of nitrogens with one attached hydrogen (secondary N) is 2. The Balaban J connectivity index is 1.69. The lowest BCUT2D eigenvalue weighted by molar-refractivity contribution is -0.113. The number of aromatic nitrogens is 3. The van der Waals surface area contributed by atoms with Crippen molar-refractivity contribution in [2.75, 3.05) is 11.1 Å². The summed E-state index contributed by atoms with van der Waals surface area (Å²) in [7, 11) is 1.83. The molecular formula is C24H28ClN5O2S. The second-order valence-electron chi connectivity index (χ2n) is 8.23. The van der Waals surface area contributed by atoms with Crippen molar-refractivity contribution in [1.29, 1.82) is 0 Å². The fourth-order valence-corrected chi connectivity index (χ4v) is 4.24. The highest BCUT2D eigenvalue weighted by atomic mass is 35.5. The third-order valence-corrected chi connectivity index (χ3v) is 6.57. The van der Waals surface area contributed by atoms with Gasteiger partial charge >= 0.3 is 0 Å². The number of thioether (sulfide) groups is 1. The van der Waals surface area contributed by atoms with E-state index < -0.39 is 0 Å². The Kier molecular flexibility index (Phi) is 8.15. The standard InChI is InChI=1S/C24H28ClN5O2S/c1-14(2)21(27-23(32)17-8-6-7-9-18(17)25)22-28-29-24(30(22)5)33-13-20(31)26-19-12-15(3)10-11-16(19)4/h6-12,14,21H,13H2,1-5H3,(H,26,31)(H,27,32)/t21-/m0/s1. The van der Waals surface area contributed by atoms with E-state index in [1.807, 2.05) is 57.5 Å². The van der Waals surface area contributed by atoms with Gasteiger partial charge in [-0.1, -0.05) is 61.5 Å². The number of carbonyl (C=O) groups excluding carboxylic acids is 2. The quantitative estimate of drug-likeness (QED) is 0.441. The molecule has 2 aromatic carbocycles. The number of benzene rings is 2. The summed E-state index contributed by atoms with van der Waals surface area (Å²) in [4.78, 5) is 25.3. The Morgan fingerprint density at radius 1 is 1.12 bits per heavy atom. The SMILES string of the molecule is Cc1ccc(C)c(NC(=O)CSc2nnc([C@@H](NC(=O)c3ccccc3Cl)C(C)C)n2C)c1. The molecule has 1 heterocycles. The van der Waals surface area contributed by atoms with Gasteiger partial charge in [0, 0.05) is 12.7 Å². The summed E-state index contributed by atoms with van der Waals surface area (Å²) in [5.41, 5.74) is 3.31. The predicted octanol–water partition coefficient (Wildman–Crippen LogP) is 4.94. The van der Waals surface area contributed by atoms with E-state index in [-0.39, 0.29) is 29.5 Å². The van der Waals surface area contributed by atoms with E-state index in [0.29, 0.717) is 21.6 Å². The zero-order valence-electron chi connectivity index (χ0n) is 19.3. The normalized spacial score (nSPS) is 12.0. The van der Waals surface area contributed by atoms with Crippen LogP contribution in [0.3, 0.4) is 0 Å². The number of rotatable bonds is 8. The fraction of sp³-hybridized carbons (Fsp3) is 0.333. The maximum Gasteiger partial charge on any atom is 0.253 e. The molecule has 9 heteroatoms. The number of hydrogen-bond donors (Lipinski definition) is 2. The van der Waals surface area contributed by atoms with Gasteiger partial charge in [-0.25, -0.2) is 0 Å². The summed E-state index contributed by atoms with van der Waals surface area (Å²) in [5, 5.41) is 15.5. The first-order valence-corrected chi connectivity index (χ1v) is 12.0. The third kappa shape index (κ3) is 6.15. The monoisotopic (exact) mass is 485 g/mol. The van der Waals surface area contributed by atoms with Gasteiger partial charge in [0.1, 0.15) is 0 Å². The van der Waals surface area contributed by atoms with Gasteiger partial charge < -0.3 is 15.2 Å². The van der Waals surface area contributed by atoms with Crippen LogP contribution in [0.2, 0.25) is 5.02 Å². The highest BCUT2D eigenvalue weighted by molar-refractivity contribution is 7.99. The minimum Gasteiger partial charge on any atom is -0.342 e. The molecule has 0 spiro atoms. The largest absolute Gasteiger partial charge is 0.342 e. The van der Waals surface area contributed by atoms with Crippen LogP contribution in [0.4, 0.5) is 5.69 Å². The fourth-order valence-electron chi connectivity index (χ4n) is 3.30. The number of nitrogens with zero attached hydrogens (tertiary/aromatic N) is 3. The first kappa shape index (κ1) is 24.8. The van der Waals surface area contributed by atoms with Gasteiger partial charge in [0.2, 0.25) is 5.91 Å². The Bertz CT molecular complexity index is 1160. The molecule has 0 saturated carbocycles. The second-order valence-corrected chi connectivity index (χ2v) is 9.58. The predicted molar refractivity (Wildman–Crippen MR) is 133 cm³/mol. The van der Waals surface area contributed by atoms with E-state index >= 15 is 0 Å². The molecule has 33 heavy (non-hydrogen) atoms. The summed E-state index contributed by atoms with van der Waals surface area (Å²) in [5.74, 6) is 0.472. The van der Waals surface area contributed by atoms with Crippen LogP contribution in [-0.4, -0.2) is 32.3 Å². The van der Waals surface area contributed by atoms with Gasteiger partial charge in [-0.05, 0) is 49.1 Å². The lowest BCUT2D eigenvalue weighted by Gasteiger charge is -2.22. The molecule has 3 aromatic rings. The van der Waals surface area contributed by atoms with Gasteiger partial charge in [0.25, 0.3) is 5.91 Å². The Hall–Kier alpha value is -2.84. The van der Waals surface area contributed by atoms with Crippen LogP contribution in [0.15, 0.2) is 47.6 Å². The van der Waals surface area contributed by atoms with E-state index in [4.69, 9.17) is 11.6 Å². The van der Waals surface area contributed by atoms with Gasteiger partial charge in [-0.2, -0.15) is 0 Å². The van der Waals surface area contributed by atoms with Crippen molar-refractivity contribution >= 4 is 40.9 Å². The van der Waals surface area contributed by atoms with Crippen LogP contribution < -0.4 is 10.6 Å². The molecule has 0 aliphatic rings. The van der Waals surface area contributed by atoms with Crippen LogP contribution in [-0.2, 0) is 11.8 Å². The van der Waals surface area contributed by atoms with Crippen LogP contribution in [0.5, 0.6) is 0 Å². The zero-order chi connectivity index (χ0) is 24.1. The average Bonchev–Trinajstić information content (AvgIpc) is 3.13. The number of amides is 2. The number of hydrogen-bond acceptors (Lipinski definition) is 5. The summed E-state index contributed by atoms with van der Waals surface area (Å²) >= 11 is 7.47. The van der Waals surface area contributed by atoms with E-state index in [2.05, 4.69) is 20.8 Å². The lowest BCUT2D eigenvalue weighted by atomic mass is 10.0. The molecule has 0 unspecified atom stereocenters. The molecular weight excluding hydrogens is 458 g/mol. The van der Waals surface area contributed by atoms with E-state index in [1.165, 1.54) is 11.8 Å². The Morgan fingerprint density at radius 2 is 1.85 bits per heavy atom. The molecule has 3 rings (SSSR count). The van der Waals surface area contributed by atoms with Gasteiger partial charge in [0.15, 0.2) is 11.0 Å². The first-order valence-electron chi connectivity index (χ1n) is 10.6. The van der Waals surface area contributed by atoms with E-state index in [1.54, 1.807) is 24.3 Å². The van der Waals surface area contributed by atoms with Gasteiger partial charge in [0.05, 0.1) is 22.4 Å². The van der Waals surface area contributed by atoms with Crippen molar-refractivity contribution in [1.82, 2.24) is 20.1 Å². The number of halogens is 1. The maximum absolute atomic E-state index is 12.8. The zero-order valence-corrected chi connectivity index (χ0v) is 20.9. The molecule has 7 nitrogen and oxygen atoms in total. The molecule has 1 aromatic heterocycles. The van der Waals surface area contributed by atoms with Crippen molar-refractivity contribution in [3.63, 3.8) is 0 Å². The molecule has 0 fully saturated rings. The summed E-state index contributed by atoms with van der Waals surface area (Å²) in [6.07, 6.45) is 0. The molecule has 0 aliphatic heterocycles. The summed E-state index contributed by atoms with van der Waals surface area (Å²) in [6.45, 7) is 7.94. The lowest BCUT2D eigenvalue weighted by Crippen LogP contribution is -2.33. The van der Waals surface area contributed by atoms with Crippen LogP contribution in [0.25, 0.3) is 0 Å². The molecule has 0 radical (unpaired) electrons. The Labute approximate surface area is 203 Å². The second kappa shape index (κ2) is 10.9. The first-order chi connectivity index (χ1) is 15.7. The molecule has 0 aliphatic carbocycles. The molecule has 0 bridgehead atoms. The minimum absolute atomic E-state index is 0.0600. The highest BCUT2D eigenvalue weighted by Gasteiger charge is 2.26. The summed E-state index contributed by atoms with van der Waals surface area (Å²) in [6, 6.07) is 12.5. The van der Waals surface area contributed by atoms with Crippen LogP contribution in [0, 0.1) is 19.8 Å². The Morgan fingerprint density at radius 3 is 2.55 bits per heavy atom. The number of carbonyl (C=O) groups is 2. The summed E-state index contributed by atoms with van der Waals surface area (Å²) < 4.78 is 1.81. The van der Waals surface area contributed by atoms with E-state index in [0.717, 1.165) is 16.8 Å². The van der Waals surface area contributed by atoms with Crippen molar-refractivity contribution < 1.29 is 9.59 Å². The van der Waals surface area contributed by atoms with Crippen molar-refractivity contribution in [3.05, 3.63) is 70.0 Å². The third-order valence-electron chi connectivity index (χ3n) is 5.22. The van der Waals surface area contributed by atoms with Crippen LogP contribution in [0.1, 0.15) is 47.2 Å². The van der Waals surface area contributed by atoms with E-state index in [9.17, 15) is 9.59 Å². The minimum atomic E-state index is -0.371. The average molecular weight is 486 g/mol. The highest BCUT2D eigenvalue weighted by Crippen LogP contribution is 2.26. The molecule has 2 N–H and O–H groups in total. The molecule has 0 saturated heterocycles. The van der Waals surface area contributed by atoms with Crippen molar-refractivity contribution in [2.45, 2.75) is 38.9 Å². The smallest absolute Gasteiger partial charge is 0.253 e. The molecule has 2 amide bonds. The van der Waals surface area contributed by atoms with Crippen LogP contribution >= 0.6 is 23.4 Å². The van der Waals surface area contributed by atoms with Crippen molar-refractivity contribution in [2.24, 2.45) is 13.0 Å². The van der Waals surface area contributed by atoms with Gasteiger partial charge in [-0.15, -0.1) is 10.2 Å². The topological polar surface area (TPSA) is 88.9 Å². The van der Waals surface area contributed by atoms with Gasteiger partial charge in [-0.3, -0.25) is 9.59 Å². The molecule has 1 atom stereocenters. The maximum atomic E-state index is 12.8. The molecule has 174 valence electrons. The number of aryl methyl sites for hydroxylation is 2. The number of anilines is 1.